The maximum absolute atomic E-state index is 12.7. The van der Waals surface area contributed by atoms with E-state index in [4.69, 9.17) is 9.47 Å². The third-order valence-electron chi connectivity index (χ3n) is 6.43. The minimum Gasteiger partial charge on any atom is -0.455 e. The molecule has 0 aromatic carbocycles. The molecule has 2 rings (SSSR count). The van der Waals surface area contributed by atoms with Crippen molar-refractivity contribution in [2.75, 3.05) is 0 Å². The molecule has 0 saturated heterocycles. The summed E-state index contributed by atoms with van der Waals surface area (Å²) in [5.74, 6) is -0.701. The molecule has 4 atom stereocenters. The summed E-state index contributed by atoms with van der Waals surface area (Å²) in [6.45, 7) is 12.7. The number of ether oxygens (including phenoxy) is 2. The van der Waals surface area contributed by atoms with Gasteiger partial charge in [0, 0.05) is 24.8 Å². The summed E-state index contributed by atoms with van der Waals surface area (Å²) >= 11 is 0. The second kappa shape index (κ2) is 7.61. The van der Waals surface area contributed by atoms with Crippen molar-refractivity contribution in [3.05, 3.63) is 22.8 Å². The number of hydrogen-bond acceptors (Lipinski definition) is 5. The van der Waals surface area contributed by atoms with E-state index in [-0.39, 0.29) is 23.1 Å². The van der Waals surface area contributed by atoms with Crippen LogP contribution < -0.4 is 0 Å². The van der Waals surface area contributed by atoms with Gasteiger partial charge in [-0.1, -0.05) is 18.6 Å². The van der Waals surface area contributed by atoms with E-state index < -0.39 is 17.7 Å². The standard InChI is InChI=1S/C22H32O5/c1-8-14(4)20(25)26-19-9-10-21(6)12-17(24)16(13(2)3)11-18(21)22(19,7)27-15(5)23/h8,18-19H,9-12H2,1-7H3/b14-8-/t18?,19-,21+,22+/m0/s1. The zero-order valence-electron chi connectivity index (χ0n) is 17.6. The molecule has 0 amide bonds. The van der Waals surface area contributed by atoms with Gasteiger partial charge in [-0.15, -0.1) is 0 Å². The number of hydrogen-bond donors (Lipinski definition) is 0. The molecule has 5 heteroatoms. The van der Waals surface area contributed by atoms with Gasteiger partial charge in [-0.05, 0) is 64.9 Å². The van der Waals surface area contributed by atoms with Crippen LogP contribution in [0.1, 0.15) is 74.1 Å². The molecule has 0 radical (unpaired) electrons. The van der Waals surface area contributed by atoms with Gasteiger partial charge in [0.15, 0.2) is 5.78 Å². The monoisotopic (exact) mass is 376 g/mol. The van der Waals surface area contributed by atoms with Crippen molar-refractivity contribution in [2.24, 2.45) is 11.3 Å². The summed E-state index contributed by atoms with van der Waals surface area (Å²) in [5.41, 5.74) is 1.09. The summed E-state index contributed by atoms with van der Waals surface area (Å²) in [5, 5.41) is 0. The summed E-state index contributed by atoms with van der Waals surface area (Å²) in [4.78, 5) is 37.0. The van der Waals surface area contributed by atoms with Crippen LogP contribution in [0.2, 0.25) is 0 Å². The molecule has 0 aromatic rings. The van der Waals surface area contributed by atoms with E-state index in [1.54, 1.807) is 19.9 Å². The summed E-state index contributed by atoms with van der Waals surface area (Å²) in [7, 11) is 0. The molecule has 0 heterocycles. The lowest BCUT2D eigenvalue weighted by atomic mass is 9.53. The fourth-order valence-corrected chi connectivity index (χ4v) is 4.74. The maximum Gasteiger partial charge on any atom is 0.333 e. The Bertz CT molecular complexity index is 712. The van der Waals surface area contributed by atoms with Crippen LogP contribution in [0.5, 0.6) is 0 Å². The van der Waals surface area contributed by atoms with Crippen LogP contribution in [0, 0.1) is 11.3 Å². The first-order valence-electron chi connectivity index (χ1n) is 9.67. The van der Waals surface area contributed by atoms with E-state index >= 15 is 0 Å². The molecule has 27 heavy (non-hydrogen) atoms. The van der Waals surface area contributed by atoms with E-state index in [2.05, 4.69) is 6.92 Å². The van der Waals surface area contributed by atoms with Crippen LogP contribution in [-0.4, -0.2) is 29.4 Å². The van der Waals surface area contributed by atoms with Crippen molar-refractivity contribution in [3.8, 4) is 0 Å². The van der Waals surface area contributed by atoms with Gasteiger partial charge in [0.1, 0.15) is 11.7 Å². The van der Waals surface area contributed by atoms with Crippen molar-refractivity contribution in [1.82, 2.24) is 0 Å². The third-order valence-corrected chi connectivity index (χ3v) is 6.43. The highest BCUT2D eigenvalue weighted by Crippen LogP contribution is 2.56. The largest absolute Gasteiger partial charge is 0.455 e. The van der Waals surface area contributed by atoms with E-state index in [0.29, 0.717) is 24.8 Å². The zero-order valence-corrected chi connectivity index (χ0v) is 17.6. The fourth-order valence-electron chi connectivity index (χ4n) is 4.74. The minimum atomic E-state index is -0.968. The fraction of sp³-hybridized carbons (Fsp3) is 0.682. The molecule has 0 spiro atoms. The van der Waals surface area contributed by atoms with Gasteiger partial charge in [-0.3, -0.25) is 9.59 Å². The summed E-state index contributed by atoms with van der Waals surface area (Å²) in [6.07, 6.45) is 3.47. The number of rotatable bonds is 3. The Labute approximate surface area is 162 Å². The molecule has 0 N–H and O–H groups in total. The van der Waals surface area contributed by atoms with Crippen LogP contribution in [-0.2, 0) is 23.9 Å². The molecule has 2 fully saturated rings. The normalized spacial score (nSPS) is 34.0. The van der Waals surface area contributed by atoms with Crippen molar-refractivity contribution in [1.29, 1.82) is 0 Å². The quantitative estimate of drug-likeness (QED) is 0.542. The average Bonchev–Trinajstić information content (AvgIpc) is 2.55. The second-order valence-electron chi connectivity index (χ2n) is 8.67. The molecular formula is C22H32O5. The van der Waals surface area contributed by atoms with Crippen LogP contribution in [0.25, 0.3) is 0 Å². The Hall–Kier alpha value is -1.91. The summed E-state index contributed by atoms with van der Waals surface area (Å²) < 4.78 is 11.6. The summed E-state index contributed by atoms with van der Waals surface area (Å²) in [6, 6.07) is 0. The Kier molecular flexibility index (Phi) is 6.03. The molecule has 150 valence electrons. The number of fused-ring (bicyclic) bond motifs is 1. The van der Waals surface area contributed by atoms with Crippen molar-refractivity contribution < 1.29 is 23.9 Å². The molecule has 0 bridgehead atoms. The number of ketones is 1. The molecule has 1 unspecified atom stereocenters. The lowest BCUT2D eigenvalue weighted by molar-refractivity contribution is -0.216. The highest BCUT2D eigenvalue weighted by molar-refractivity contribution is 5.97. The zero-order chi connectivity index (χ0) is 20.6. The van der Waals surface area contributed by atoms with Crippen LogP contribution in [0.4, 0.5) is 0 Å². The highest BCUT2D eigenvalue weighted by Gasteiger charge is 2.60. The molecule has 2 aliphatic carbocycles. The lowest BCUT2D eigenvalue weighted by Gasteiger charge is -2.56. The smallest absolute Gasteiger partial charge is 0.333 e. The number of Topliss-reactive ketones (excluding diaryl/α,β-unsaturated/α-hetero) is 1. The van der Waals surface area contributed by atoms with Gasteiger partial charge in [0.2, 0.25) is 0 Å². The van der Waals surface area contributed by atoms with Crippen molar-refractivity contribution in [3.63, 3.8) is 0 Å². The molecule has 0 aliphatic heterocycles. The SMILES string of the molecule is C/C=C(/C)C(=O)O[C@H]1CC[C@]2(C)CC(=O)C(=C(C)C)CC2[C@@]1(C)OC(C)=O. The van der Waals surface area contributed by atoms with Crippen molar-refractivity contribution >= 4 is 17.7 Å². The lowest BCUT2D eigenvalue weighted by Crippen LogP contribution is -2.61. The average molecular weight is 376 g/mol. The molecule has 2 aliphatic rings. The van der Waals surface area contributed by atoms with Crippen molar-refractivity contribution in [2.45, 2.75) is 85.9 Å². The molecule has 0 aromatic heterocycles. The first-order chi connectivity index (χ1) is 12.4. The van der Waals surface area contributed by atoms with Crippen LogP contribution in [0.3, 0.4) is 0 Å². The first-order valence-corrected chi connectivity index (χ1v) is 9.67. The predicted molar refractivity (Wildman–Crippen MR) is 103 cm³/mol. The van der Waals surface area contributed by atoms with E-state index in [0.717, 1.165) is 17.6 Å². The number of allylic oxidation sites excluding steroid dienone is 3. The molecule has 5 nitrogen and oxygen atoms in total. The Morgan fingerprint density at radius 3 is 2.30 bits per heavy atom. The van der Waals surface area contributed by atoms with E-state index in [9.17, 15) is 14.4 Å². The highest BCUT2D eigenvalue weighted by atomic mass is 16.6. The number of esters is 2. The maximum atomic E-state index is 12.7. The van der Waals surface area contributed by atoms with Gasteiger partial charge < -0.3 is 9.47 Å². The minimum absolute atomic E-state index is 0.0889. The Balaban J connectivity index is 2.46. The van der Waals surface area contributed by atoms with Gasteiger partial charge in [-0.2, -0.15) is 0 Å². The number of carbonyl (C=O) groups is 3. The topological polar surface area (TPSA) is 69.7 Å². The first kappa shape index (κ1) is 21.4. The Morgan fingerprint density at radius 2 is 1.78 bits per heavy atom. The molecular weight excluding hydrogens is 344 g/mol. The second-order valence-corrected chi connectivity index (χ2v) is 8.67. The van der Waals surface area contributed by atoms with Gasteiger partial charge in [0.05, 0.1) is 0 Å². The van der Waals surface area contributed by atoms with Crippen LogP contribution in [0.15, 0.2) is 22.8 Å². The molecule has 2 saturated carbocycles. The van der Waals surface area contributed by atoms with Gasteiger partial charge in [-0.25, -0.2) is 4.79 Å². The van der Waals surface area contributed by atoms with E-state index in [1.807, 2.05) is 20.8 Å². The van der Waals surface area contributed by atoms with Gasteiger partial charge >= 0.3 is 11.9 Å². The van der Waals surface area contributed by atoms with Gasteiger partial charge in [0.25, 0.3) is 0 Å². The van der Waals surface area contributed by atoms with E-state index in [1.165, 1.54) is 6.92 Å². The number of carbonyl (C=O) groups excluding carboxylic acids is 3. The van der Waals surface area contributed by atoms with Crippen LogP contribution >= 0.6 is 0 Å². The predicted octanol–water partition coefficient (Wildman–Crippen LogP) is 4.30. The third kappa shape index (κ3) is 4.02. The Morgan fingerprint density at radius 1 is 1.15 bits per heavy atom.